The quantitative estimate of drug-likeness (QED) is 0.502. The summed E-state index contributed by atoms with van der Waals surface area (Å²) in [7, 11) is 0. The van der Waals surface area contributed by atoms with E-state index >= 15 is 0 Å². The van der Waals surface area contributed by atoms with Crippen LogP contribution >= 0.6 is 0 Å². The van der Waals surface area contributed by atoms with Crippen molar-refractivity contribution in [2.24, 2.45) is 0 Å². The molecule has 3 aromatic rings. The predicted octanol–water partition coefficient (Wildman–Crippen LogP) is 4.68. The van der Waals surface area contributed by atoms with Crippen molar-refractivity contribution in [3.8, 4) is 11.1 Å². The molecule has 1 unspecified atom stereocenters. The van der Waals surface area contributed by atoms with Crippen LogP contribution in [0, 0.1) is 0 Å². The van der Waals surface area contributed by atoms with Gasteiger partial charge in [-0.05, 0) is 53.9 Å². The van der Waals surface area contributed by atoms with Crippen molar-refractivity contribution >= 4 is 23.5 Å². The molecule has 1 heterocycles. The van der Waals surface area contributed by atoms with Crippen molar-refractivity contribution in [1.29, 1.82) is 0 Å². The Kier molecular flexibility index (Phi) is 5.41. The molecule has 1 atom stereocenters. The highest BCUT2D eigenvalue weighted by atomic mass is 19.4. The van der Waals surface area contributed by atoms with Gasteiger partial charge < -0.3 is 10.6 Å². The Hall–Kier alpha value is -4.14. The van der Waals surface area contributed by atoms with E-state index in [0.717, 1.165) is 12.1 Å². The molecule has 0 aliphatic carbocycles. The SMILES string of the molecule is CC1(c2cccc(NC(=O)c3ccccc3-c3ccc(C(F)(F)F)cc3)c2)NC(=O)NC1=O. The minimum absolute atomic E-state index is 0.265. The molecular formula is C24H18F3N3O3. The first kappa shape index (κ1) is 22.1. The minimum Gasteiger partial charge on any atom is -0.322 e. The van der Waals surface area contributed by atoms with Gasteiger partial charge in [0.2, 0.25) is 0 Å². The van der Waals surface area contributed by atoms with Crippen LogP contribution < -0.4 is 16.0 Å². The van der Waals surface area contributed by atoms with Crippen molar-refractivity contribution < 1.29 is 27.6 Å². The molecule has 1 fully saturated rings. The second kappa shape index (κ2) is 8.09. The summed E-state index contributed by atoms with van der Waals surface area (Å²) in [4.78, 5) is 36.8. The number of amides is 4. The Balaban J connectivity index is 1.61. The van der Waals surface area contributed by atoms with E-state index in [1.165, 1.54) is 12.1 Å². The summed E-state index contributed by atoms with van der Waals surface area (Å²) in [5.41, 5.74) is -0.0119. The molecule has 1 aliphatic heterocycles. The number of anilines is 1. The molecule has 0 saturated carbocycles. The van der Waals surface area contributed by atoms with Crippen molar-refractivity contribution in [3.63, 3.8) is 0 Å². The van der Waals surface area contributed by atoms with Gasteiger partial charge in [-0.15, -0.1) is 0 Å². The maximum Gasteiger partial charge on any atom is 0.416 e. The van der Waals surface area contributed by atoms with Crippen molar-refractivity contribution in [2.75, 3.05) is 5.32 Å². The number of urea groups is 1. The maximum absolute atomic E-state index is 13.0. The summed E-state index contributed by atoms with van der Waals surface area (Å²) in [6, 6.07) is 17.0. The number of carbonyl (C=O) groups excluding carboxylic acids is 3. The van der Waals surface area contributed by atoms with Crippen LogP contribution in [0.1, 0.15) is 28.4 Å². The number of halogens is 3. The number of imide groups is 1. The standard InChI is InChI=1S/C24H18F3N3O3/c1-23(21(32)29-22(33)30-23)16-5-4-6-17(13-16)28-20(31)19-8-3-2-7-18(19)14-9-11-15(12-10-14)24(25,26)27/h2-13H,1H3,(H,28,31)(H2,29,30,32,33). The monoisotopic (exact) mass is 453 g/mol. The minimum atomic E-state index is -4.45. The number of alkyl halides is 3. The zero-order valence-corrected chi connectivity index (χ0v) is 17.3. The van der Waals surface area contributed by atoms with Crippen LogP contribution in [0.4, 0.5) is 23.7 Å². The fraction of sp³-hybridized carbons (Fsp3) is 0.125. The lowest BCUT2D eigenvalue weighted by molar-refractivity contribution is -0.137. The van der Waals surface area contributed by atoms with Crippen LogP contribution in [0.25, 0.3) is 11.1 Å². The third-order valence-corrected chi connectivity index (χ3v) is 5.44. The fourth-order valence-electron chi connectivity index (χ4n) is 3.62. The van der Waals surface area contributed by atoms with Gasteiger partial charge in [-0.3, -0.25) is 14.9 Å². The third kappa shape index (κ3) is 4.30. The molecule has 4 amide bonds. The van der Waals surface area contributed by atoms with Crippen LogP contribution in [-0.4, -0.2) is 17.8 Å². The smallest absolute Gasteiger partial charge is 0.322 e. The molecule has 1 aliphatic rings. The first-order valence-electron chi connectivity index (χ1n) is 9.90. The van der Waals surface area contributed by atoms with Crippen LogP contribution in [0.3, 0.4) is 0 Å². The summed E-state index contributed by atoms with van der Waals surface area (Å²) in [6.07, 6.45) is -4.45. The van der Waals surface area contributed by atoms with Gasteiger partial charge in [0.15, 0.2) is 0 Å². The Morgan fingerprint density at radius 2 is 1.64 bits per heavy atom. The number of hydrogen-bond acceptors (Lipinski definition) is 3. The molecule has 0 radical (unpaired) electrons. The lowest BCUT2D eigenvalue weighted by Crippen LogP contribution is -2.40. The summed E-state index contributed by atoms with van der Waals surface area (Å²) >= 11 is 0. The lowest BCUT2D eigenvalue weighted by atomic mass is 9.92. The Morgan fingerprint density at radius 1 is 0.939 bits per heavy atom. The summed E-state index contributed by atoms with van der Waals surface area (Å²) in [5.74, 6) is -0.990. The highest BCUT2D eigenvalue weighted by Gasteiger charge is 2.43. The fourth-order valence-corrected chi connectivity index (χ4v) is 3.62. The zero-order chi connectivity index (χ0) is 23.8. The van der Waals surface area contributed by atoms with Crippen LogP contribution in [0.5, 0.6) is 0 Å². The Bertz CT molecular complexity index is 1260. The Labute approximate surface area is 186 Å². The Morgan fingerprint density at radius 3 is 2.27 bits per heavy atom. The van der Waals surface area contributed by atoms with E-state index in [-0.39, 0.29) is 5.56 Å². The van der Waals surface area contributed by atoms with E-state index in [1.54, 1.807) is 55.5 Å². The number of hydrogen-bond donors (Lipinski definition) is 3. The third-order valence-electron chi connectivity index (χ3n) is 5.44. The summed E-state index contributed by atoms with van der Waals surface area (Å²) in [5, 5.41) is 7.49. The molecule has 0 bridgehead atoms. The summed E-state index contributed by atoms with van der Waals surface area (Å²) in [6.45, 7) is 1.55. The van der Waals surface area contributed by atoms with Gasteiger partial charge in [0.25, 0.3) is 11.8 Å². The normalized spacial score (nSPS) is 17.9. The van der Waals surface area contributed by atoms with Crippen molar-refractivity contribution in [1.82, 2.24) is 10.6 Å². The number of benzene rings is 3. The molecule has 0 aromatic heterocycles. The first-order chi connectivity index (χ1) is 15.6. The van der Waals surface area contributed by atoms with Gasteiger partial charge in [0.05, 0.1) is 5.56 Å². The number of carbonyl (C=O) groups is 3. The van der Waals surface area contributed by atoms with E-state index in [9.17, 15) is 27.6 Å². The van der Waals surface area contributed by atoms with Gasteiger partial charge in [0, 0.05) is 11.3 Å². The molecule has 168 valence electrons. The number of nitrogens with one attached hydrogen (secondary N) is 3. The highest BCUT2D eigenvalue weighted by molar-refractivity contribution is 6.09. The van der Waals surface area contributed by atoms with Crippen LogP contribution in [-0.2, 0) is 16.5 Å². The predicted molar refractivity (Wildman–Crippen MR) is 115 cm³/mol. The molecule has 4 rings (SSSR count). The van der Waals surface area contributed by atoms with Gasteiger partial charge in [0.1, 0.15) is 5.54 Å². The average molecular weight is 453 g/mol. The van der Waals surface area contributed by atoms with Crippen LogP contribution in [0.15, 0.2) is 72.8 Å². The molecule has 3 N–H and O–H groups in total. The lowest BCUT2D eigenvalue weighted by Gasteiger charge is -2.21. The zero-order valence-electron chi connectivity index (χ0n) is 17.3. The van der Waals surface area contributed by atoms with E-state index in [4.69, 9.17) is 0 Å². The van der Waals surface area contributed by atoms with Crippen LogP contribution in [0.2, 0.25) is 0 Å². The van der Waals surface area contributed by atoms with Gasteiger partial charge in [-0.1, -0.05) is 42.5 Å². The van der Waals surface area contributed by atoms with Gasteiger partial charge in [-0.25, -0.2) is 4.79 Å². The second-order valence-electron chi connectivity index (χ2n) is 7.69. The summed E-state index contributed by atoms with van der Waals surface area (Å²) < 4.78 is 38.6. The second-order valence-corrected chi connectivity index (χ2v) is 7.69. The molecule has 3 aromatic carbocycles. The van der Waals surface area contributed by atoms with E-state index in [1.807, 2.05) is 0 Å². The molecule has 1 saturated heterocycles. The van der Waals surface area contributed by atoms with Gasteiger partial charge in [-0.2, -0.15) is 13.2 Å². The molecular weight excluding hydrogens is 435 g/mol. The van der Waals surface area contributed by atoms with E-state index in [2.05, 4.69) is 16.0 Å². The molecule has 0 spiro atoms. The maximum atomic E-state index is 13.0. The average Bonchev–Trinajstić information content (AvgIpc) is 3.05. The van der Waals surface area contributed by atoms with E-state index < -0.39 is 35.1 Å². The molecule has 9 heteroatoms. The molecule has 6 nitrogen and oxygen atoms in total. The van der Waals surface area contributed by atoms with Gasteiger partial charge >= 0.3 is 12.2 Å². The van der Waals surface area contributed by atoms with Crippen molar-refractivity contribution in [3.05, 3.63) is 89.5 Å². The highest BCUT2D eigenvalue weighted by Crippen LogP contribution is 2.32. The molecule has 33 heavy (non-hydrogen) atoms. The number of rotatable bonds is 4. The largest absolute Gasteiger partial charge is 0.416 e. The van der Waals surface area contributed by atoms with E-state index in [0.29, 0.717) is 22.4 Å². The van der Waals surface area contributed by atoms with Crippen molar-refractivity contribution in [2.45, 2.75) is 18.6 Å². The topological polar surface area (TPSA) is 87.3 Å². The first-order valence-corrected chi connectivity index (χ1v) is 9.90.